The van der Waals surface area contributed by atoms with Gasteiger partial charge in [-0.25, -0.2) is 4.79 Å². The number of imide groups is 1. The summed E-state index contributed by atoms with van der Waals surface area (Å²) in [6.45, 7) is 2.78. The van der Waals surface area contributed by atoms with E-state index in [0.717, 1.165) is 49.1 Å². The van der Waals surface area contributed by atoms with Crippen molar-refractivity contribution in [1.82, 2.24) is 19.4 Å². The van der Waals surface area contributed by atoms with Crippen LogP contribution in [0.15, 0.2) is 23.0 Å². The molecule has 27 heavy (non-hydrogen) atoms. The van der Waals surface area contributed by atoms with Gasteiger partial charge < -0.3 is 5.73 Å². The maximum absolute atomic E-state index is 12.8. The second kappa shape index (κ2) is 6.94. The number of aryl methyl sites for hydroxylation is 1. The van der Waals surface area contributed by atoms with E-state index in [0.29, 0.717) is 12.5 Å². The molecule has 2 aliphatic heterocycles. The number of nitrogens with two attached hydrogens (primary N) is 1. The number of nitrogens with one attached hydrogen (secondary N) is 1. The van der Waals surface area contributed by atoms with Crippen LogP contribution in [-0.4, -0.2) is 45.0 Å². The van der Waals surface area contributed by atoms with Crippen LogP contribution in [0.2, 0.25) is 0 Å². The normalized spacial score (nSPS) is 22.4. The second-order valence-electron chi connectivity index (χ2n) is 7.62. The third kappa shape index (κ3) is 3.30. The van der Waals surface area contributed by atoms with Gasteiger partial charge in [-0.3, -0.25) is 28.9 Å². The Labute approximate surface area is 156 Å². The molecule has 3 N–H and O–H groups in total. The summed E-state index contributed by atoms with van der Waals surface area (Å²) in [7, 11) is 1.72. The lowest BCUT2D eigenvalue weighted by Crippen LogP contribution is -2.44. The number of amides is 2. The lowest BCUT2D eigenvalue weighted by molar-refractivity contribution is -0.135. The van der Waals surface area contributed by atoms with Crippen molar-refractivity contribution in [2.45, 2.75) is 44.3 Å². The molecule has 2 aromatic rings. The van der Waals surface area contributed by atoms with Crippen LogP contribution in [0, 0.1) is 0 Å². The monoisotopic (exact) mass is 371 g/mol. The molecule has 1 atom stereocenters. The fraction of sp³-hybridized carbons (Fsp3) is 0.526. The Kier molecular flexibility index (Phi) is 4.61. The van der Waals surface area contributed by atoms with Gasteiger partial charge in [-0.2, -0.15) is 0 Å². The lowest BCUT2D eigenvalue weighted by atomic mass is 10.0. The molecule has 3 heterocycles. The number of carbonyl (C=O) groups is 2. The number of benzene rings is 1. The van der Waals surface area contributed by atoms with Crippen LogP contribution in [0.3, 0.4) is 0 Å². The summed E-state index contributed by atoms with van der Waals surface area (Å²) in [6, 6.07) is 5.60. The van der Waals surface area contributed by atoms with Gasteiger partial charge in [-0.05, 0) is 50.0 Å². The molecule has 1 aromatic carbocycles. The minimum Gasteiger partial charge on any atom is -0.328 e. The topological polar surface area (TPSA) is 102 Å². The minimum absolute atomic E-state index is 0.236. The Balaban J connectivity index is 1.65. The largest absolute Gasteiger partial charge is 0.329 e. The molecule has 0 radical (unpaired) electrons. The fourth-order valence-corrected chi connectivity index (χ4v) is 4.11. The molecule has 2 saturated heterocycles. The highest BCUT2D eigenvalue weighted by molar-refractivity contribution is 6.00. The Bertz CT molecular complexity index is 952. The molecule has 2 fully saturated rings. The van der Waals surface area contributed by atoms with Gasteiger partial charge in [0.25, 0.3) is 0 Å². The summed E-state index contributed by atoms with van der Waals surface area (Å²) >= 11 is 0. The number of carbonyl (C=O) groups excluding carboxylic acids is 2. The fourth-order valence-electron chi connectivity index (χ4n) is 4.11. The van der Waals surface area contributed by atoms with E-state index in [4.69, 9.17) is 5.73 Å². The second-order valence-corrected chi connectivity index (χ2v) is 7.62. The Morgan fingerprint density at radius 3 is 2.56 bits per heavy atom. The highest BCUT2D eigenvalue weighted by atomic mass is 16.2. The van der Waals surface area contributed by atoms with Crippen molar-refractivity contribution < 1.29 is 9.59 Å². The van der Waals surface area contributed by atoms with Crippen molar-refractivity contribution in [1.29, 1.82) is 0 Å². The molecule has 0 aliphatic carbocycles. The number of nitrogens with zero attached hydrogens (tertiary/aromatic N) is 3. The quantitative estimate of drug-likeness (QED) is 0.753. The van der Waals surface area contributed by atoms with E-state index in [1.54, 1.807) is 11.6 Å². The number of aromatic nitrogens is 2. The first-order valence-electron chi connectivity index (χ1n) is 9.45. The first kappa shape index (κ1) is 17.9. The molecular weight excluding hydrogens is 346 g/mol. The summed E-state index contributed by atoms with van der Waals surface area (Å²) in [5, 5.41) is 2.33. The molecule has 2 amide bonds. The molecular formula is C19H25N5O3. The highest BCUT2D eigenvalue weighted by Gasteiger charge is 2.31. The van der Waals surface area contributed by atoms with E-state index in [1.165, 1.54) is 4.57 Å². The summed E-state index contributed by atoms with van der Waals surface area (Å²) in [4.78, 5) is 38.8. The average Bonchev–Trinajstić information content (AvgIpc) is 2.88. The summed E-state index contributed by atoms with van der Waals surface area (Å²) in [6.07, 6.45) is 2.60. The number of piperidine rings is 2. The maximum atomic E-state index is 12.8. The third-order valence-corrected chi connectivity index (χ3v) is 5.71. The van der Waals surface area contributed by atoms with Crippen molar-refractivity contribution in [2.75, 3.05) is 13.1 Å². The van der Waals surface area contributed by atoms with Gasteiger partial charge in [0.2, 0.25) is 11.8 Å². The molecule has 0 spiro atoms. The predicted molar refractivity (Wildman–Crippen MR) is 101 cm³/mol. The number of imidazole rings is 1. The first-order valence-corrected chi connectivity index (χ1v) is 9.45. The van der Waals surface area contributed by atoms with Crippen molar-refractivity contribution in [3.63, 3.8) is 0 Å². The van der Waals surface area contributed by atoms with Crippen LogP contribution < -0.4 is 16.7 Å². The smallest absolute Gasteiger partial charge is 0.328 e. The highest BCUT2D eigenvalue weighted by Crippen LogP contribution is 2.24. The zero-order valence-electron chi connectivity index (χ0n) is 15.5. The molecule has 0 bridgehead atoms. The molecule has 8 heteroatoms. The number of likely N-dealkylation sites (tertiary alicyclic amines) is 1. The molecule has 144 valence electrons. The number of hydrogen-bond donors (Lipinski definition) is 2. The van der Waals surface area contributed by atoms with E-state index in [1.807, 2.05) is 18.2 Å². The zero-order chi connectivity index (χ0) is 19.1. The Hall–Kier alpha value is -2.45. The van der Waals surface area contributed by atoms with E-state index in [-0.39, 0.29) is 18.0 Å². The molecule has 2 aliphatic rings. The van der Waals surface area contributed by atoms with Crippen molar-refractivity contribution >= 4 is 22.8 Å². The van der Waals surface area contributed by atoms with Gasteiger partial charge in [0.05, 0.1) is 11.0 Å². The predicted octanol–water partition coefficient (Wildman–Crippen LogP) is 0.241. The first-order chi connectivity index (χ1) is 12.9. The summed E-state index contributed by atoms with van der Waals surface area (Å²) < 4.78 is 3.09. The van der Waals surface area contributed by atoms with Crippen molar-refractivity contribution in [3.8, 4) is 0 Å². The van der Waals surface area contributed by atoms with Crippen LogP contribution in [0.1, 0.15) is 37.3 Å². The number of hydrogen-bond acceptors (Lipinski definition) is 5. The standard InChI is InChI=1S/C19H25N5O3/c1-22-16-10-12(11-23-8-6-13(20)7-9-23)2-3-14(16)24(19(22)27)15-4-5-17(25)21-18(15)26/h2-3,10,13,15H,4-9,11,20H2,1H3,(H,21,25,26). The van der Waals surface area contributed by atoms with Crippen LogP contribution in [-0.2, 0) is 23.2 Å². The molecule has 1 unspecified atom stereocenters. The van der Waals surface area contributed by atoms with Gasteiger partial charge in [0, 0.05) is 26.1 Å². The van der Waals surface area contributed by atoms with Crippen molar-refractivity contribution in [2.24, 2.45) is 12.8 Å². The minimum atomic E-state index is -0.645. The van der Waals surface area contributed by atoms with Crippen LogP contribution in [0.5, 0.6) is 0 Å². The van der Waals surface area contributed by atoms with Gasteiger partial charge in [-0.15, -0.1) is 0 Å². The van der Waals surface area contributed by atoms with E-state index < -0.39 is 11.9 Å². The Morgan fingerprint density at radius 2 is 1.85 bits per heavy atom. The third-order valence-electron chi connectivity index (χ3n) is 5.71. The van der Waals surface area contributed by atoms with Gasteiger partial charge in [0.15, 0.2) is 0 Å². The van der Waals surface area contributed by atoms with Crippen LogP contribution in [0.4, 0.5) is 0 Å². The summed E-state index contributed by atoms with van der Waals surface area (Å²) in [5.74, 6) is -0.692. The van der Waals surface area contributed by atoms with E-state index in [2.05, 4.69) is 10.2 Å². The Morgan fingerprint density at radius 1 is 1.11 bits per heavy atom. The SMILES string of the molecule is Cn1c(=O)n(C2CCC(=O)NC2=O)c2ccc(CN3CCC(N)CC3)cc21. The van der Waals surface area contributed by atoms with Gasteiger partial charge >= 0.3 is 5.69 Å². The van der Waals surface area contributed by atoms with E-state index in [9.17, 15) is 14.4 Å². The van der Waals surface area contributed by atoms with Crippen molar-refractivity contribution in [3.05, 3.63) is 34.2 Å². The van der Waals surface area contributed by atoms with Gasteiger partial charge in [-0.1, -0.05) is 6.07 Å². The number of rotatable bonds is 3. The van der Waals surface area contributed by atoms with Gasteiger partial charge in [0.1, 0.15) is 6.04 Å². The molecule has 1 aromatic heterocycles. The van der Waals surface area contributed by atoms with E-state index >= 15 is 0 Å². The zero-order valence-corrected chi connectivity index (χ0v) is 15.5. The lowest BCUT2D eigenvalue weighted by Gasteiger charge is -2.30. The molecule has 0 saturated carbocycles. The molecule has 8 nitrogen and oxygen atoms in total. The summed E-state index contributed by atoms with van der Waals surface area (Å²) in [5.41, 5.74) is 8.40. The molecule has 4 rings (SSSR count). The number of fused-ring (bicyclic) bond motifs is 1. The van der Waals surface area contributed by atoms with Crippen LogP contribution in [0.25, 0.3) is 11.0 Å². The maximum Gasteiger partial charge on any atom is 0.329 e. The average molecular weight is 371 g/mol. The van der Waals surface area contributed by atoms with Crippen LogP contribution >= 0.6 is 0 Å².